The smallest absolute Gasteiger partial charge is 0.314 e. The first-order chi connectivity index (χ1) is 12.9. The lowest BCUT2D eigenvalue weighted by Crippen LogP contribution is -2.37. The van der Waals surface area contributed by atoms with Gasteiger partial charge in [0.2, 0.25) is 0 Å². The highest BCUT2D eigenvalue weighted by Gasteiger charge is 2.53. The van der Waals surface area contributed by atoms with E-state index in [-0.39, 0.29) is 29.6 Å². The molecule has 0 aromatic heterocycles. The molecular formula is C21H24N2O3S. The van der Waals surface area contributed by atoms with E-state index in [2.05, 4.69) is 6.92 Å². The van der Waals surface area contributed by atoms with Gasteiger partial charge in [-0.05, 0) is 42.2 Å². The van der Waals surface area contributed by atoms with Crippen LogP contribution in [0.2, 0.25) is 0 Å². The molecule has 0 bridgehead atoms. The minimum Gasteiger partial charge on any atom is -0.314 e. The second-order valence-corrected chi connectivity index (χ2v) is 9.59. The number of aryl methyl sites for hydroxylation is 2. The van der Waals surface area contributed by atoms with Crippen molar-refractivity contribution in [3.05, 3.63) is 65.2 Å². The number of hydrogen-bond donors (Lipinski definition) is 0. The predicted octanol–water partition coefficient (Wildman–Crippen LogP) is 3.17. The summed E-state index contributed by atoms with van der Waals surface area (Å²) in [6.07, 6.45) is 0.925. The quantitative estimate of drug-likeness (QED) is 0.761. The van der Waals surface area contributed by atoms with Gasteiger partial charge in [-0.2, -0.15) is 0 Å². The van der Waals surface area contributed by atoms with E-state index >= 15 is 0 Å². The maximum atomic E-state index is 13.3. The molecule has 0 aliphatic carbocycles. The Morgan fingerprint density at radius 3 is 2.33 bits per heavy atom. The van der Waals surface area contributed by atoms with Crippen molar-refractivity contribution in [3.63, 3.8) is 0 Å². The normalized spacial score (nSPS) is 23.7. The van der Waals surface area contributed by atoms with Crippen LogP contribution in [0.5, 0.6) is 0 Å². The standard InChI is InChI=1S/C21H24N2O3S/c1-3-16-8-10-18(11-9-16)23-20-14-27(25,26)13-19(20)22(21(23)24)12-17-7-5-4-6-15(17)2/h4-11,19-20H,3,12-14H2,1-2H3/t19-,20-/m0/s1. The molecule has 0 radical (unpaired) electrons. The van der Waals surface area contributed by atoms with E-state index in [0.29, 0.717) is 6.54 Å². The number of fused-ring (bicyclic) bond motifs is 1. The lowest BCUT2D eigenvalue weighted by atomic mass is 10.1. The van der Waals surface area contributed by atoms with Gasteiger partial charge in [-0.3, -0.25) is 4.90 Å². The molecule has 2 aliphatic heterocycles. The number of carbonyl (C=O) groups is 1. The van der Waals surface area contributed by atoms with Crippen LogP contribution >= 0.6 is 0 Å². The molecule has 2 fully saturated rings. The molecule has 27 heavy (non-hydrogen) atoms. The molecule has 5 nitrogen and oxygen atoms in total. The molecule has 4 rings (SSSR count). The Balaban J connectivity index is 1.70. The largest absolute Gasteiger partial charge is 0.325 e. The molecular weight excluding hydrogens is 360 g/mol. The van der Waals surface area contributed by atoms with E-state index in [4.69, 9.17) is 0 Å². The lowest BCUT2D eigenvalue weighted by molar-refractivity contribution is 0.205. The van der Waals surface area contributed by atoms with Gasteiger partial charge in [0.15, 0.2) is 9.84 Å². The zero-order chi connectivity index (χ0) is 19.2. The number of benzene rings is 2. The van der Waals surface area contributed by atoms with Gasteiger partial charge in [0.1, 0.15) is 0 Å². The number of anilines is 1. The number of nitrogens with zero attached hydrogens (tertiary/aromatic N) is 2. The van der Waals surface area contributed by atoms with Crippen molar-refractivity contribution in [1.29, 1.82) is 0 Å². The van der Waals surface area contributed by atoms with Gasteiger partial charge >= 0.3 is 6.03 Å². The maximum Gasteiger partial charge on any atom is 0.325 e. The zero-order valence-corrected chi connectivity index (χ0v) is 16.4. The average Bonchev–Trinajstić information content (AvgIpc) is 3.07. The number of carbonyl (C=O) groups excluding carboxylic acids is 1. The highest BCUT2D eigenvalue weighted by atomic mass is 32.2. The summed E-state index contributed by atoms with van der Waals surface area (Å²) in [7, 11) is -3.15. The van der Waals surface area contributed by atoms with Crippen LogP contribution in [0.15, 0.2) is 48.5 Å². The Labute approximate surface area is 160 Å². The van der Waals surface area contributed by atoms with E-state index < -0.39 is 9.84 Å². The van der Waals surface area contributed by atoms with Gasteiger partial charge < -0.3 is 4.90 Å². The monoisotopic (exact) mass is 384 g/mol. The third-order valence-corrected chi connectivity index (χ3v) is 7.40. The number of hydrogen-bond acceptors (Lipinski definition) is 3. The Hall–Kier alpha value is -2.34. The molecule has 2 aliphatic rings. The molecule has 0 spiro atoms. The molecule has 2 aromatic carbocycles. The summed E-state index contributed by atoms with van der Waals surface area (Å²) in [6, 6.07) is 15.1. The molecule has 2 saturated heterocycles. The van der Waals surface area contributed by atoms with Crippen LogP contribution in [0.3, 0.4) is 0 Å². The fourth-order valence-electron chi connectivity index (χ4n) is 4.13. The molecule has 2 heterocycles. The van der Waals surface area contributed by atoms with Crippen LogP contribution < -0.4 is 4.90 Å². The van der Waals surface area contributed by atoms with Crippen molar-refractivity contribution in [1.82, 2.24) is 4.90 Å². The van der Waals surface area contributed by atoms with Crippen LogP contribution in [-0.2, 0) is 22.8 Å². The van der Waals surface area contributed by atoms with Gasteiger partial charge in [-0.25, -0.2) is 13.2 Å². The molecule has 6 heteroatoms. The van der Waals surface area contributed by atoms with Crippen molar-refractivity contribution < 1.29 is 13.2 Å². The van der Waals surface area contributed by atoms with Gasteiger partial charge in [0, 0.05) is 12.2 Å². The summed E-state index contributed by atoms with van der Waals surface area (Å²) in [5.41, 5.74) is 4.12. The lowest BCUT2D eigenvalue weighted by Gasteiger charge is -2.23. The van der Waals surface area contributed by atoms with Gasteiger partial charge in [-0.1, -0.05) is 43.3 Å². The Bertz CT molecular complexity index is 969. The van der Waals surface area contributed by atoms with E-state index in [0.717, 1.165) is 23.2 Å². The third-order valence-electron chi connectivity index (χ3n) is 5.70. The predicted molar refractivity (Wildman–Crippen MR) is 107 cm³/mol. The molecule has 2 atom stereocenters. The highest BCUT2D eigenvalue weighted by molar-refractivity contribution is 7.91. The molecule has 0 unspecified atom stereocenters. The molecule has 2 amide bonds. The zero-order valence-electron chi connectivity index (χ0n) is 15.6. The fourth-order valence-corrected chi connectivity index (χ4v) is 6.08. The van der Waals surface area contributed by atoms with Crippen LogP contribution in [0.1, 0.15) is 23.6 Å². The molecule has 0 saturated carbocycles. The van der Waals surface area contributed by atoms with Crippen molar-refractivity contribution in [2.24, 2.45) is 0 Å². The first-order valence-electron chi connectivity index (χ1n) is 9.33. The van der Waals surface area contributed by atoms with Crippen molar-refractivity contribution in [3.8, 4) is 0 Å². The summed E-state index contributed by atoms with van der Waals surface area (Å²) >= 11 is 0. The highest BCUT2D eigenvalue weighted by Crippen LogP contribution is 2.36. The Kier molecular flexibility index (Phi) is 4.46. The van der Waals surface area contributed by atoms with Crippen LogP contribution in [-0.4, -0.2) is 42.9 Å². The fraction of sp³-hybridized carbons (Fsp3) is 0.381. The van der Waals surface area contributed by atoms with E-state index in [1.54, 1.807) is 9.80 Å². The van der Waals surface area contributed by atoms with Crippen molar-refractivity contribution in [2.75, 3.05) is 16.4 Å². The SMILES string of the molecule is CCc1ccc(N2C(=O)N(Cc3ccccc3C)[C@H]3CS(=O)(=O)C[C@@H]32)cc1. The maximum absolute atomic E-state index is 13.3. The summed E-state index contributed by atoms with van der Waals surface area (Å²) in [4.78, 5) is 16.7. The van der Waals surface area contributed by atoms with Gasteiger partial charge in [0.05, 0.1) is 23.6 Å². The summed E-state index contributed by atoms with van der Waals surface area (Å²) in [5.74, 6) is 0.0715. The molecule has 142 valence electrons. The van der Waals surface area contributed by atoms with Crippen LogP contribution in [0.4, 0.5) is 10.5 Å². The second-order valence-electron chi connectivity index (χ2n) is 7.44. The number of sulfone groups is 1. The van der Waals surface area contributed by atoms with Gasteiger partial charge in [0.25, 0.3) is 0 Å². The molecule has 2 aromatic rings. The van der Waals surface area contributed by atoms with Gasteiger partial charge in [-0.15, -0.1) is 0 Å². The second kappa shape index (κ2) is 6.68. The minimum absolute atomic E-state index is 0.0310. The topological polar surface area (TPSA) is 57.7 Å². The average molecular weight is 385 g/mol. The van der Waals surface area contributed by atoms with E-state index in [1.165, 1.54) is 5.56 Å². The number of amides is 2. The van der Waals surface area contributed by atoms with E-state index in [9.17, 15) is 13.2 Å². The first kappa shape index (κ1) is 18.0. The van der Waals surface area contributed by atoms with Crippen molar-refractivity contribution >= 4 is 21.6 Å². The first-order valence-corrected chi connectivity index (χ1v) is 11.2. The Morgan fingerprint density at radius 2 is 1.67 bits per heavy atom. The number of urea groups is 1. The number of rotatable bonds is 4. The van der Waals surface area contributed by atoms with Crippen LogP contribution in [0.25, 0.3) is 0 Å². The summed E-state index contributed by atoms with van der Waals surface area (Å²) in [5, 5.41) is 0. The Morgan fingerprint density at radius 1 is 1.00 bits per heavy atom. The summed E-state index contributed by atoms with van der Waals surface area (Å²) < 4.78 is 24.7. The molecule has 0 N–H and O–H groups in total. The van der Waals surface area contributed by atoms with Crippen molar-refractivity contribution in [2.45, 2.75) is 38.9 Å². The minimum atomic E-state index is -3.15. The summed E-state index contributed by atoms with van der Waals surface area (Å²) in [6.45, 7) is 4.53. The van der Waals surface area contributed by atoms with E-state index in [1.807, 2.05) is 55.5 Å². The van der Waals surface area contributed by atoms with Crippen LogP contribution in [0, 0.1) is 6.92 Å². The third kappa shape index (κ3) is 3.23.